The van der Waals surface area contributed by atoms with E-state index in [0.717, 1.165) is 54.1 Å². The maximum absolute atomic E-state index is 13.9. The quantitative estimate of drug-likeness (QED) is 0.337. The van der Waals surface area contributed by atoms with E-state index in [4.69, 9.17) is 19.2 Å². The summed E-state index contributed by atoms with van der Waals surface area (Å²) in [6, 6.07) is 15.9. The van der Waals surface area contributed by atoms with Gasteiger partial charge in [0.25, 0.3) is 5.56 Å². The molecule has 0 saturated carbocycles. The predicted octanol–water partition coefficient (Wildman–Crippen LogP) is 4.61. The first-order valence-corrected chi connectivity index (χ1v) is 12.8. The van der Waals surface area contributed by atoms with Crippen molar-refractivity contribution in [3.05, 3.63) is 75.7 Å². The Labute approximate surface area is 216 Å². The molecule has 1 aliphatic heterocycles. The van der Waals surface area contributed by atoms with Crippen LogP contribution in [0.4, 0.5) is 5.69 Å². The number of H-pyrrole nitrogens is 1. The Morgan fingerprint density at radius 2 is 1.76 bits per heavy atom. The lowest BCUT2D eigenvalue weighted by molar-refractivity contribution is 0.144. The van der Waals surface area contributed by atoms with Gasteiger partial charge in [-0.1, -0.05) is 36.4 Å². The number of nitrogens with one attached hydrogen (secondary N) is 1. The van der Waals surface area contributed by atoms with Crippen LogP contribution in [-0.2, 0) is 11.2 Å². The molecular weight excluding hydrogens is 468 g/mol. The lowest BCUT2D eigenvalue weighted by Crippen LogP contribution is -2.30. The highest BCUT2D eigenvalue weighted by atomic mass is 16.5. The third-order valence-electron chi connectivity index (χ3n) is 6.94. The predicted molar refractivity (Wildman–Crippen MR) is 145 cm³/mol. The van der Waals surface area contributed by atoms with Crippen molar-refractivity contribution < 1.29 is 14.2 Å². The minimum atomic E-state index is -0.0828. The molecule has 194 valence electrons. The van der Waals surface area contributed by atoms with Gasteiger partial charge in [-0.15, -0.1) is 0 Å². The number of piperidine rings is 1. The van der Waals surface area contributed by atoms with Crippen LogP contribution < -0.4 is 19.9 Å². The van der Waals surface area contributed by atoms with Gasteiger partial charge in [0, 0.05) is 43.4 Å². The number of ether oxygens (including phenoxy) is 3. The SMILES string of the molecule is COCCOc1cc(Cc2c(C)nc3c(N4CCCCC4)c(-c4ccccc4)[nH]n3c2=O)ccc1OC. The highest BCUT2D eigenvalue weighted by Gasteiger charge is 2.24. The van der Waals surface area contributed by atoms with Gasteiger partial charge in [-0.3, -0.25) is 9.89 Å². The number of methoxy groups -OCH3 is 2. The summed E-state index contributed by atoms with van der Waals surface area (Å²) in [6.45, 7) is 4.73. The van der Waals surface area contributed by atoms with Gasteiger partial charge >= 0.3 is 0 Å². The Morgan fingerprint density at radius 3 is 2.49 bits per heavy atom. The summed E-state index contributed by atoms with van der Waals surface area (Å²) >= 11 is 0. The molecule has 0 spiro atoms. The topological polar surface area (TPSA) is 81.1 Å². The Bertz CT molecular complexity index is 1420. The average Bonchev–Trinajstić information content (AvgIpc) is 3.32. The van der Waals surface area contributed by atoms with Crippen LogP contribution in [0.25, 0.3) is 16.9 Å². The number of nitrogens with zero attached hydrogens (tertiary/aromatic N) is 3. The minimum Gasteiger partial charge on any atom is -0.493 e. The van der Waals surface area contributed by atoms with Gasteiger partial charge in [-0.05, 0) is 43.9 Å². The van der Waals surface area contributed by atoms with Gasteiger partial charge in [0.2, 0.25) is 0 Å². The molecule has 1 N–H and O–H groups in total. The first-order chi connectivity index (χ1) is 18.1. The second-order valence-electron chi connectivity index (χ2n) is 9.39. The molecular formula is C29H34N4O4. The largest absolute Gasteiger partial charge is 0.493 e. The van der Waals surface area contributed by atoms with E-state index in [9.17, 15) is 4.79 Å². The first kappa shape index (κ1) is 24.9. The molecule has 0 aliphatic carbocycles. The van der Waals surface area contributed by atoms with Crippen LogP contribution in [0.15, 0.2) is 53.3 Å². The Kier molecular flexibility index (Phi) is 7.46. The summed E-state index contributed by atoms with van der Waals surface area (Å²) in [7, 11) is 3.25. The number of aromatic nitrogens is 3. The van der Waals surface area contributed by atoms with E-state index >= 15 is 0 Å². The van der Waals surface area contributed by atoms with Crippen LogP contribution >= 0.6 is 0 Å². The molecule has 2 aromatic carbocycles. The summed E-state index contributed by atoms with van der Waals surface area (Å²) in [5, 5.41) is 3.40. The van der Waals surface area contributed by atoms with Crippen molar-refractivity contribution in [3.8, 4) is 22.8 Å². The second kappa shape index (κ2) is 11.1. The van der Waals surface area contributed by atoms with Crippen LogP contribution in [0.1, 0.15) is 36.1 Å². The summed E-state index contributed by atoms with van der Waals surface area (Å²) in [6.07, 6.45) is 3.94. The summed E-state index contributed by atoms with van der Waals surface area (Å²) < 4.78 is 18.0. The number of rotatable bonds is 9. The number of aromatic amines is 1. The number of aryl methyl sites for hydroxylation is 1. The fourth-order valence-corrected chi connectivity index (χ4v) is 5.01. The van der Waals surface area contributed by atoms with Crippen molar-refractivity contribution in [1.82, 2.24) is 14.6 Å². The molecule has 0 atom stereocenters. The van der Waals surface area contributed by atoms with E-state index in [-0.39, 0.29) is 5.56 Å². The van der Waals surface area contributed by atoms with Crippen molar-refractivity contribution in [2.75, 3.05) is 45.4 Å². The zero-order chi connectivity index (χ0) is 25.8. The number of anilines is 1. The number of benzene rings is 2. The molecule has 8 heteroatoms. The Hall–Kier alpha value is -3.78. The van der Waals surface area contributed by atoms with E-state index < -0.39 is 0 Å². The van der Waals surface area contributed by atoms with E-state index in [1.807, 2.05) is 43.3 Å². The standard InChI is InChI=1S/C29H34N4O4/c1-20-23(18-21-12-13-24(36-3)25(19-21)37-17-16-35-2)29(34)33-28(30-20)27(32-14-8-5-9-15-32)26(31-33)22-10-6-4-7-11-22/h4,6-7,10-13,19,31H,5,8-9,14-18H2,1-3H3. The van der Waals surface area contributed by atoms with Crippen LogP contribution in [0, 0.1) is 6.92 Å². The van der Waals surface area contributed by atoms with Gasteiger partial charge < -0.3 is 19.1 Å². The Balaban J connectivity index is 1.57. The van der Waals surface area contributed by atoms with Gasteiger partial charge in [-0.25, -0.2) is 4.98 Å². The molecule has 1 fully saturated rings. The second-order valence-corrected chi connectivity index (χ2v) is 9.39. The third-order valence-corrected chi connectivity index (χ3v) is 6.94. The summed E-state index contributed by atoms with van der Waals surface area (Å²) in [5.74, 6) is 1.27. The molecule has 0 unspecified atom stereocenters. The van der Waals surface area contributed by atoms with E-state index in [1.54, 1.807) is 18.7 Å². The van der Waals surface area contributed by atoms with Crippen molar-refractivity contribution in [1.29, 1.82) is 0 Å². The van der Waals surface area contributed by atoms with Gasteiger partial charge in [0.05, 0.1) is 19.4 Å². The average molecular weight is 503 g/mol. The third kappa shape index (κ3) is 5.06. The summed E-state index contributed by atoms with van der Waals surface area (Å²) in [5.41, 5.74) is 5.92. The highest BCUT2D eigenvalue weighted by molar-refractivity contribution is 5.86. The molecule has 0 bridgehead atoms. The Morgan fingerprint density at radius 1 is 0.973 bits per heavy atom. The molecule has 0 radical (unpaired) electrons. The van der Waals surface area contributed by atoms with Crippen molar-refractivity contribution in [3.63, 3.8) is 0 Å². The molecule has 1 saturated heterocycles. The van der Waals surface area contributed by atoms with Crippen molar-refractivity contribution in [2.24, 2.45) is 0 Å². The molecule has 5 rings (SSSR count). The lowest BCUT2D eigenvalue weighted by atomic mass is 10.0. The molecule has 37 heavy (non-hydrogen) atoms. The van der Waals surface area contributed by atoms with Gasteiger partial charge in [-0.2, -0.15) is 4.52 Å². The van der Waals surface area contributed by atoms with E-state index in [1.165, 1.54) is 6.42 Å². The number of hydrogen-bond acceptors (Lipinski definition) is 6. The fraction of sp³-hybridized carbons (Fsp3) is 0.379. The first-order valence-electron chi connectivity index (χ1n) is 12.8. The molecule has 8 nitrogen and oxygen atoms in total. The monoisotopic (exact) mass is 502 g/mol. The number of hydrogen-bond donors (Lipinski definition) is 1. The zero-order valence-electron chi connectivity index (χ0n) is 21.8. The number of fused-ring (bicyclic) bond motifs is 1. The van der Waals surface area contributed by atoms with Crippen LogP contribution in [-0.4, -0.2) is 55.1 Å². The van der Waals surface area contributed by atoms with Crippen LogP contribution in [0.2, 0.25) is 0 Å². The summed E-state index contributed by atoms with van der Waals surface area (Å²) in [4.78, 5) is 21.2. The molecule has 2 aromatic heterocycles. The van der Waals surface area contributed by atoms with Crippen molar-refractivity contribution in [2.45, 2.75) is 32.6 Å². The maximum Gasteiger partial charge on any atom is 0.276 e. The van der Waals surface area contributed by atoms with Gasteiger partial charge in [0.15, 0.2) is 17.1 Å². The van der Waals surface area contributed by atoms with Gasteiger partial charge in [0.1, 0.15) is 12.3 Å². The minimum absolute atomic E-state index is 0.0828. The zero-order valence-corrected chi connectivity index (χ0v) is 21.8. The highest BCUT2D eigenvalue weighted by Crippen LogP contribution is 2.35. The van der Waals surface area contributed by atoms with Crippen LogP contribution in [0.5, 0.6) is 11.5 Å². The molecule has 4 aromatic rings. The fourth-order valence-electron chi connectivity index (χ4n) is 5.01. The maximum atomic E-state index is 13.9. The van der Waals surface area contributed by atoms with E-state index in [0.29, 0.717) is 42.3 Å². The normalized spacial score (nSPS) is 13.8. The van der Waals surface area contributed by atoms with Crippen LogP contribution in [0.3, 0.4) is 0 Å². The molecule has 0 amide bonds. The lowest BCUT2D eigenvalue weighted by Gasteiger charge is -2.28. The molecule has 1 aliphatic rings. The van der Waals surface area contributed by atoms with E-state index in [2.05, 4.69) is 22.1 Å². The van der Waals surface area contributed by atoms with Crippen molar-refractivity contribution >= 4 is 11.3 Å². The molecule has 3 heterocycles. The smallest absolute Gasteiger partial charge is 0.276 e.